The fraction of sp³-hybridized carbons (Fsp3) is 0.389. The van der Waals surface area contributed by atoms with Crippen molar-refractivity contribution in [2.45, 2.75) is 31.5 Å². The maximum Gasteiger partial charge on any atom is 0.425 e. The molecule has 158 valence electrons. The molecule has 0 saturated carbocycles. The number of hydrogen-bond acceptors (Lipinski definition) is 5. The number of aryl methyl sites for hydroxylation is 2. The number of hydrogen-bond donors (Lipinski definition) is 3. The number of imidazole rings is 1. The minimum Gasteiger partial charge on any atom is -0.483 e. The SMILES string of the molecule is CCc1ccccc1OCC(=O)NNC(=O)CC(O)(c1nccn1C)C(F)(F)F. The van der Waals surface area contributed by atoms with Crippen LogP contribution >= 0.6 is 0 Å². The van der Waals surface area contributed by atoms with Crippen LogP contribution in [-0.4, -0.2) is 39.3 Å². The number of carbonyl (C=O) groups is 2. The summed E-state index contributed by atoms with van der Waals surface area (Å²) in [5, 5.41) is 10.1. The summed E-state index contributed by atoms with van der Waals surface area (Å²) in [6.45, 7) is 1.45. The van der Waals surface area contributed by atoms with Crippen LogP contribution in [0.1, 0.15) is 24.7 Å². The maximum absolute atomic E-state index is 13.4. The van der Waals surface area contributed by atoms with Gasteiger partial charge in [-0.1, -0.05) is 25.1 Å². The van der Waals surface area contributed by atoms with Gasteiger partial charge in [-0.25, -0.2) is 4.98 Å². The van der Waals surface area contributed by atoms with E-state index in [1.165, 1.54) is 13.2 Å². The number of nitrogens with one attached hydrogen (secondary N) is 2. The third-order valence-corrected chi connectivity index (χ3v) is 4.13. The van der Waals surface area contributed by atoms with Gasteiger partial charge in [-0.15, -0.1) is 0 Å². The second kappa shape index (κ2) is 8.95. The van der Waals surface area contributed by atoms with E-state index in [9.17, 15) is 27.9 Å². The van der Waals surface area contributed by atoms with E-state index in [0.717, 1.165) is 16.3 Å². The number of rotatable bonds is 7. The number of aliphatic hydroxyl groups is 1. The van der Waals surface area contributed by atoms with Crippen molar-refractivity contribution in [3.63, 3.8) is 0 Å². The third-order valence-electron chi connectivity index (χ3n) is 4.13. The van der Waals surface area contributed by atoms with E-state index in [4.69, 9.17) is 4.74 Å². The van der Waals surface area contributed by atoms with Gasteiger partial charge < -0.3 is 14.4 Å². The Morgan fingerprint density at radius 2 is 1.86 bits per heavy atom. The van der Waals surface area contributed by atoms with Gasteiger partial charge in [0, 0.05) is 19.4 Å². The zero-order valence-corrected chi connectivity index (χ0v) is 15.8. The lowest BCUT2D eigenvalue weighted by atomic mass is 9.97. The zero-order valence-electron chi connectivity index (χ0n) is 15.8. The van der Waals surface area contributed by atoms with E-state index < -0.39 is 42.4 Å². The smallest absolute Gasteiger partial charge is 0.425 e. The number of alkyl halides is 3. The van der Waals surface area contributed by atoms with Crippen molar-refractivity contribution in [1.29, 1.82) is 0 Å². The van der Waals surface area contributed by atoms with E-state index in [1.807, 2.05) is 29.9 Å². The lowest BCUT2D eigenvalue weighted by Crippen LogP contribution is -2.51. The molecule has 8 nitrogen and oxygen atoms in total. The van der Waals surface area contributed by atoms with Gasteiger partial charge in [0.15, 0.2) is 12.4 Å². The van der Waals surface area contributed by atoms with Gasteiger partial charge in [0.25, 0.3) is 5.91 Å². The highest BCUT2D eigenvalue weighted by atomic mass is 19.4. The summed E-state index contributed by atoms with van der Waals surface area (Å²) in [6, 6.07) is 7.03. The van der Waals surface area contributed by atoms with Crippen LogP contribution in [0.3, 0.4) is 0 Å². The number of amides is 2. The van der Waals surface area contributed by atoms with Gasteiger partial charge in [0.05, 0.1) is 6.42 Å². The van der Waals surface area contributed by atoms with Gasteiger partial charge >= 0.3 is 6.18 Å². The molecule has 2 aromatic rings. The summed E-state index contributed by atoms with van der Waals surface area (Å²) < 4.78 is 46.5. The molecule has 1 heterocycles. The van der Waals surface area contributed by atoms with E-state index in [0.29, 0.717) is 12.2 Å². The average Bonchev–Trinajstić information content (AvgIpc) is 3.10. The molecular formula is C18H21F3N4O4. The molecule has 0 fully saturated rings. The minimum absolute atomic E-state index is 0.458. The predicted octanol–water partition coefficient (Wildman–Crippen LogP) is 1.35. The molecule has 3 N–H and O–H groups in total. The molecule has 2 amide bonds. The number of nitrogens with zero attached hydrogens (tertiary/aromatic N) is 2. The number of ether oxygens (including phenoxy) is 1. The minimum atomic E-state index is -5.17. The fourth-order valence-corrected chi connectivity index (χ4v) is 2.60. The van der Waals surface area contributed by atoms with Crippen LogP contribution in [-0.2, 0) is 28.7 Å². The quantitative estimate of drug-likeness (QED) is 0.593. The van der Waals surface area contributed by atoms with Crippen molar-refractivity contribution in [1.82, 2.24) is 20.4 Å². The van der Waals surface area contributed by atoms with Crippen LogP contribution in [0.4, 0.5) is 13.2 Å². The molecule has 1 aromatic heterocycles. The molecule has 0 radical (unpaired) electrons. The van der Waals surface area contributed by atoms with Crippen LogP contribution in [0.5, 0.6) is 5.75 Å². The molecule has 0 bridgehead atoms. The Bertz CT molecular complexity index is 869. The fourth-order valence-electron chi connectivity index (χ4n) is 2.60. The molecular weight excluding hydrogens is 393 g/mol. The standard InChI is InChI=1S/C18H21F3N4O4/c1-3-12-6-4-5-7-13(12)29-11-15(27)24-23-14(26)10-17(28,18(19,20)21)16-22-8-9-25(16)2/h4-9,28H,3,10-11H2,1-2H3,(H,23,26)(H,24,27). The highest BCUT2D eigenvalue weighted by molar-refractivity contribution is 5.83. The van der Waals surface area contributed by atoms with E-state index in [2.05, 4.69) is 4.98 Å². The highest BCUT2D eigenvalue weighted by Gasteiger charge is 2.58. The molecule has 2 rings (SSSR count). The first-order valence-electron chi connectivity index (χ1n) is 8.63. The van der Waals surface area contributed by atoms with Crippen molar-refractivity contribution >= 4 is 11.8 Å². The first-order valence-corrected chi connectivity index (χ1v) is 8.63. The van der Waals surface area contributed by atoms with Crippen molar-refractivity contribution in [2.24, 2.45) is 7.05 Å². The molecule has 0 saturated heterocycles. The van der Waals surface area contributed by atoms with Crippen LogP contribution < -0.4 is 15.6 Å². The number of para-hydroxylation sites is 1. The molecule has 11 heteroatoms. The van der Waals surface area contributed by atoms with Crippen molar-refractivity contribution in [3.8, 4) is 5.75 Å². The molecule has 0 spiro atoms. The molecule has 1 unspecified atom stereocenters. The van der Waals surface area contributed by atoms with Crippen LogP contribution in [0.15, 0.2) is 36.7 Å². The summed E-state index contributed by atoms with van der Waals surface area (Å²) in [7, 11) is 1.25. The van der Waals surface area contributed by atoms with E-state index in [1.54, 1.807) is 12.1 Å². The van der Waals surface area contributed by atoms with Gasteiger partial charge in [0.1, 0.15) is 5.75 Å². The van der Waals surface area contributed by atoms with Crippen molar-refractivity contribution < 1.29 is 32.6 Å². The molecule has 1 aromatic carbocycles. The Morgan fingerprint density at radius 1 is 1.21 bits per heavy atom. The molecule has 0 aliphatic rings. The third kappa shape index (κ3) is 5.25. The number of benzene rings is 1. The Hall–Kier alpha value is -3.08. The number of aromatic nitrogens is 2. The van der Waals surface area contributed by atoms with Crippen molar-refractivity contribution in [2.75, 3.05) is 6.61 Å². The summed E-state index contributed by atoms with van der Waals surface area (Å²) in [5.74, 6) is -2.30. The topological polar surface area (TPSA) is 105 Å². The Kier molecular flexibility index (Phi) is 6.85. The number of halogens is 3. The summed E-state index contributed by atoms with van der Waals surface area (Å²) >= 11 is 0. The normalized spacial score (nSPS) is 13.4. The lowest BCUT2D eigenvalue weighted by molar-refractivity contribution is -0.271. The Balaban J connectivity index is 1.94. The first-order chi connectivity index (χ1) is 13.6. The second-order valence-corrected chi connectivity index (χ2v) is 6.24. The molecule has 1 atom stereocenters. The van der Waals surface area contributed by atoms with Gasteiger partial charge in [-0.05, 0) is 18.1 Å². The van der Waals surface area contributed by atoms with Gasteiger partial charge in [0.2, 0.25) is 11.5 Å². The second-order valence-electron chi connectivity index (χ2n) is 6.24. The van der Waals surface area contributed by atoms with Crippen LogP contribution in [0.2, 0.25) is 0 Å². The summed E-state index contributed by atoms with van der Waals surface area (Å²) in [4.78, 5) is 27.2. The van der Waals surface area contributed by atoms with E-state index in [-0.39, 0.29) is 0 Å². The molecule has 29 heavy (non-hydrogen) atoms. The maximum atomic E-state index is 13.4. The highest BCUT2D eigenvalue weighted by Crippen LogP contribution is 2.40. The summed E-state index contributed by atoms with van der Waals surface area (Å²) in [6.07, 6.45) is -3.60. The molecule has 0 aliphatic heterocycles. The van der Waals surface area contributed by atoms with Crippen molar-refractivity contribution in [3.05, 3.63) is 48.0 Å². The monoisotopic (exact) mass is 414 g/mol. The Labute approximate surface area is 164 Å². The first kappa shape index (κ1) is 22.2. The van der Waals surface area contributed by atoms with Crippen LogP contribution in [0, 0.1) is 0 Å². The van der Waals surface area contributed by atoms with Crippen LogP contribution in [0.25, 0.3) is 0 Å². The summed E-state index contributed by atoms with van der Waals surface area (Å²) in [5.41, 5.74) is 1.15. The van der Waals surface area contributed by atoms with Gasteiger partial charge in [-0.3, -0.25) is 20.4 Å². The number of carbonyl (C=O) groups excluding carboxylic acids is 2. The average molecular weight is 414 g/mol. The largest absolute Gasteiger partial charge is 0.483 e. The van der Waals surface area contributed by atoms with Gasteiger partial charge in [-0.2, -0.15) is 13.2 Å². The molecule has 0 aliphatic carbocycles. The lowest BCUT2D eigenvalue weighted by Gasteiger charge is -2.29. The van der Waals surface area contributed by atoms with E-state index >= 15 is 0 Å². The Morgan fingerprint density at radius 3 is 2.45 bits per heavy atom. The zero-order chi connectivity index (χ0) is 21.7. The number of hydrazine groups is 1. The predicted molar refractivity (Wildman–Crippen MR) is 95.4 cm³/mol.